The van der Waals surface area contributed by atoms with Crippen LogP contribution < -0.4 is 5.43 Å². The Kier molecular flexibility index (Phi) is 4.52. The third kappa shape index (κ3) is 4.04. The van der Waals surface area contributed by atoms with Gasteiger partial charge in [0, 0.05) is 12.6 Å². The zero-order valence-corrected chi connectivity index (χ0v) is 9.51. The van der Waals surface area contributed by atoms with E-state index < -0.39 is 5.43 Å². The van der Waals surface area contributed by atoms with Crippen molar-refractivity contribution in [3.05, 3.63) is 28.3 Å². The second kappa shape index (κ2) is 5.67. The monoisotopic (exact) mass is 227 g/mol. The molecule has 16 heavy (non-hydrogen) atoms. The Morgan fingerprint density at radius 2 is 2.25 bits per heavy atom. The highest BCUT2D eigenvalue weighted by atomic mass is 16.4. The Hall–Kier alpha value is -1.33. The SMILES string of the molecule is CC(O)CCN(C)Cc1cc(=O)c(O)co1. The van der Waals surface area contributed by atoms with E-state index in [0.29, 0.717) is 25.3 Å². The largest absolute Gasteiger partial charge is 0.502 e. The lowest BCUT2D eigenvalue weighted by Crippen LogP contribution is -2.22. The Labute approximate surface area is 93.9 Å². The summed E-state index contributed by atoms with van der Waals surface area (Å²) in [4.78, 5) is 13.1. The van der Waals surface area contributed by atoms with Crippen LogP contribution in [-0.2, 0) is 6.54 Å². The molecule has 0 saturated heterocycles. The average molecular weight is 227 g/mol. The first-order chi connectivity index (χ1) is 7.49. The molecule has 0 spiro atoms. The van der Waals surface area contributed by atoms with Crippen LogP contribution in [0.4, 0.5) is 0 Å². The summed E-state index contributed by atoms with van der Waals surface area (Å²) < 4.78 is 5.06. The molecule has 1 aromatic rings. The number of rotatable bonds is 5. The fourth-order valence-corrected chi connectivity index (χ4v) is 1.28. The van der Waals surface area contributed by atoms with Crippen LogP contribution in [0.25, 0.3) is 0 Å². The third-order valence-corrected chi connectivity index (χ3v) is 2.22. The first-order valence-electron chi connectivity index (χ1n) is 5.16. The van der Waals surface area contributed by atoms with Crippen molar-refractivity contribution in [1.29, 1.82) is 0 Å². The third-order valence-electron chi connectivity index (χ3n) is 2.22. The molecule has 0 aliphatic heterocycles. The van der Waals surface area contributed by atoms with Crippen LogP contribution in [-0.4, -0.2) is 34.8 Å². The van der Waals surface area contributed by atoms with Crippen LogP contribution >= 0.6 is 0 Å². The predicted octanol–water partition coefficient (Wildman–Crippen LogP) is 0.548. The van der Waals surface area contributed by atoms with Crippen LogP contribution in [0, 0.1) is 0 Å². The van der Waals surface area contributed by atoms with Gasteiger partial charge in [0.1, 0.15) is 12.0 Å². The Morgan fingerprint density at radius 3 is 2.81 bits per heavy atom. The molecule has 1 aromatic heterocycles. The van der Waals surface area contributed by atoms with E-state index >= 15 is 0 Å². The molecule has 5 nitrogen and oxygen atoms in total. The molecule has 0 aliphatic carbocycles. The Morgan fingerprint density at radius 1 is 1.56 bits per heavy atom. The zero-order valence-electron chi connectivity index (χ0n) is 9.51. The second-order valence-corrected chi connectivity index (χ2v) is 3.97. The zero-order chi connectivity index (χ0) is 12.1. The molecule has 1 heterocycles. The summed E-state index contributed by atoms with van der Waals surface area (Å²) in [5.41, 5.74) is -0.440. The topological polar surface area (TPSA) is 73.9 Å². The highest BCUT2D eigenvalue weighted by Gasteiger charge is 2.06. The van der Waals surface area contributed by atoms with Gasteiger partial charge in [0.2, 0.25) is 5.43 Å². The molecular formula is C11H17NO4. The molecule has 0 bridgehead atoms. The van der Waals surface area contributed by atoms with Crippen molar-refractivity contribution in [2.45, 2.75) is 26.0 Å². The van der Waals surface area contributed by atoms with Gasteiger partial charge < -0.3 is 14.6 Å². The first kappa shape index (κ1) is 12.7. The summed E-state index contributed by atoms with van der Waals surface area (Å²) >= 11 is 0. The lowest BCUT2D eigenvalue weighted by atomic mass is 10.2. The van der Waals surface area contributed by atoms with Crippen LogP contribution in [0.2, 0.25) is 0 Å². The van der Waals surface area contributed by atoms with Crippen molar-refractivity contribution in [2.24, 2.45) is 0 Å². The van der Waals surface area contributed by atoms with E-state index in [2.05, 4.69) is 0 Å². The number of aliphatic hydroxyl groups is 1. The summed E-state index contributed by atoms with van der Waals surface area (Å²) in [5, 5.41) is 18.1. The lowest BCUT2D eigenvalue weighted by molar-refractivity contribution is 0.160. The molecule has 1 rings (SSSR count). The van der Waals surface area contributed by atoms with Gasteiger partial charge >= 0.3 is 0 Å². The maximum absolute atomic E-state index is 11.1. The molecule has 2 N–H and O–H groups in total. The smallest absolute Gasteiger partial charge is 0.226 e. The minimum absolute atomic E-state index is 0.339. The Bertz CT molecular complexity index is 386. The summed E-state index contributed by atoms with van der Waals surface area (Å²) in [6.45, 7) is 2.92. The van der Waals surface area contributed by atoms with Crippen LogP contribution in [0.5, 0.6) is 5.75 Å². The molecule has 0 amide bonds. The maximum Gasteiger partial charge on any atom is 0.226 e. The van der Waals surface area contributed by atoms with E-state index in [9.17, 15) is 4.79 Å². The quantitative estimate of drug-likeness (QED) is 0.768. The highest BCUT2D eigenvalue weighted by Crippen LogP contribution is 2.06. The summed E-state index contributed by atoms with van der Waals surface area (Å²) in [5.74, 6) is 0.117. The minimum Gasteiger partial charge on any atom is -0.502 e. The van der Waals surface area contributed by atoms with Crippen molar-refractivity contribution >= 4 is 0 Å². The number of aliphatic hydroxyl groups excluding tert-OH is 1. The normalized spacial score (nSPS) is 13.0. The van der Waals surface area contributed by atoms with Crippen molar-refractivity contribution in [2.75, 3.05) is 13.6 Å². The van der Waals surface area contributed by atoms with E-state index in [1.165, 1.54) is 6.07 Å². The van der Waals surface area contributed by atoms with Gasteiger partial charge in [-0.3, -0.25) is 9.69 Å². The molecule has 0 fully saturated rings. The molecule has 1 unspecified atom stereocenters. The fraction of sp³-hybridized carbons (Fsp3) is 0.545. The number of hydrogen-bond acceptors (Lipinski definition) is 5. The lowest BCUT2D eigenvalue weighted by Gasteiger charge is -2.16. The van der Waals surface area contributed by atoms with Gasteiger partial charge in [0.05, 0.1) is 12.6 Å². The van der Waals surface area contributed by atoms with Crippen molar-refractivity contribution in [3.63, 3.8) is 0 Å². The van der Waals surface area contributed by atoms with Gasteiger partial charge in [-0.1, -0.05) is 0 Å². The minimum atomic E-state index is -0.440. The molecule has 1 atom stereocenters. The summed E-state index contributed by atoms with van der Waals surface area (Å²) in [6, 6.07) is 1.27. The molecular weight excluding hydrogens is 210 g/mol. The van der Waals surface area contributed by atoms with Crippen LogP contribution in [0.3, 0.4) is 0 Å². The van der Waals surface area contributed by atoms with E-state index in [-0.39, 0.29) is 11.9 Å². The number of nitrogens with zero attached hydrogens (tertiary/aromatic N) is 1. The van der Waals surface area contributed by atoms with Crippen molar-refractivity contribution < 1.29 is 14.6 Å². The second-order valence-electron chi connectivity index (χ2n) is 3.97. The highest BCUT2D eigenvalue weighted by molar-refractivity contribution is 5.15. The van der Waals surface area contributed by atoms with Gasteiger partial charge in [0.25, 0.3) is 0 Å². The van der Waals surface area contributed by atoms with E-state index in [0.717, 1.165) is 6.26 Å². The van der Waals surface area contributed by atoms with Gasteiger partial charge in [-0.2, -0.15) is 0 Å². The predicted molar refractivity (Wildman–Crippen MR) is 59.3 cm³/mol. The molecule has 0 aromatic carbocycles. The standard InChI is InChI=1S/C11H17NO4/c1-8(13)3-4-12(2)6-9-5-10(14)11(15)7-16-9/h5,7-8,13,15H,3-4,6H2,1-2H3. The van der Waals surface area contributed by atoms with Crippen molar-refractivity contribution in [1.82, 2.24) is 4.90 Å². The number of hydrogen-bond donors (Lipinski definition) is 2. The van der Waals surface area contributed by atoms with Gasteiger partial charge in [-0.25, -0.2) is 0 Å². The van der Waals surface area contributed by atoms with E-state index in [1.807, 2.05) is 11.9 Å². The summed E-state index contributed by atoms with van der Waals surface area (Å²) in [6.07, 6.45) is 1.37. The molecule has 5 heteroatoms. The van der Waals surface area contributed by atoms with Crippen LogP contribution in [0.1, 0.15) is 19.1 Å². The molecule has 0 aliphatic rings. The molecule has 0 saturated carbocycles. The van der Waals surface area contributed by atoms with Crippen molar-refractivity contribution in [3.8, 4) is 5.75 Å². The van der Waals surface area contributed by atoms with E-state index in [1.54, 1.807) is 6.92 Å². The van der Waals surface area contributed by atoms with Gasteiger partial charge in [-0.15, -0.1) is 0 Å². The van der Waals surface area contributed by atoms with E-state index in [4.69, 9.17) is 14.6 Å². The van der Waals surface area contributed by atoms with Gasteiger partial charge in [0.15, 0.2) is 5.75 Å². The first-order valence-corrected chi connectivity index (χ1v) is 5.16. The summed E-state index contributed by atoms with van der Waals surface area (Å²) in [7, 11) is 1.87. The van der Waals surface area contributed by atoms with Crippen LogP contribution in [0.15, 0.2) is 21.5 Å². The maximum atomic E-state index is 11.1. The van der Waals surface area contributed by atoms with Gasteiger partial charge in [-0.05, 0) is 20.4 Å². The number of aromatic hydroxyl groups is 1. The Balaban J connectivity index is 2.53. The molecule has 90 valence electrons. The molecule has 0 radical (unpaired) electrons. The average Bonchev–Trinajstić information content (AvgIpc) is 2.21. The fourth-order valence-electron chi connectivity index (χ4n) is 1.28.